The second-order valence-electron chi connectivity index (χ2n) is 4.32. The van der Waals surface area contributed by atoms with Gasteiger partial charge in [-0.2, -0.15) is 0 Å². The van der Waals surface area contributed by atoms with Gasteiger partial charge in [0.15, 0.2) is 0 Å². The maximum atomic E-state index is 9.25. The fourth-order valence-electron chi connectivity index (χ4n) is 1.93. The van der Waals surface area contributed by atoms with Crippen molar-refractivity contribution in [1.29, 1.82) is 0 Å². The fourth-order valence-corrected chi connectivity index (χ4v) is 1.93. The summed E-state index contributed by atoms with van der Waals surface area (Å²) in [5.74, 6) is 0. The number of hydrogen-bond acceptors (Lipinski definition) is 2. The van der Waals surface area contributed by atoms with Crippen LogP contribution in [0.2, 0.25) is 0 Å². The lowest BCUT2D eigenvalue weighted by atomic mass is 10.1. The van der Waals surface area contributed by atoms with E-state index in [4.69, 9.17) is 0 Å². The topological polar surface area (TPSA) is 28.4 Å². The Morgan fingerprint density at radius 1 is 1.25 bits per heavy atom. The third-order valence-electron chi connectivity index (χ3n) is 2.86. The van der Waals surface area contributed by atoms with Crippen LogP contribution < -0.4 is 0 Å². The Labute approximate surface area is 95.9 Å². The highest BCUT2D eigenvalue weighted by atomic mass is 16.3. The van der Waals surface area contributed by atoms with Crippen molar-refractivity contribution < 1.29 is 5.11 Å². The van der Waals surface area contributed by atoms with E-state index in [-0.39, 0.29) is 6.61 Å². The highest BCUT2D eigenvalue weighted by Crippen LogP contribution is 2.20. The van der Waals surface area contributed by atoms with Crippen LogP contribution in [0.25, 0.3) is 10.9 Å². The van der Waals surface area contributed by atoms with Crippen molar-refractivity contribution in [3.8, 4) is 0 Å². The highest BCUT2D eigenvalue weighted by Gasteiger charge is 2.04. The summed E-state index contributed by atoms with van der Waals surface area (Å²) in [5, 5.41) is 10.4. The Bertz CT molecular complexity index is 474. The minimum Gasteiger partial charge on any atom is -0.392 e. The molecule has 0 saturated heterocycles. The molecule has 0 aliphatic rings. The third kappa shape index (κ3) is 2.10. The molecule has 1 aromatic carbocycles. The number of aliphatic hydroxyl groups is 1. The summed E-state index contributed by atoms with van der Waals surface area (Å²) < 4.78 is 2.23. The highest BCUT2D eigenvalue weighted by molar-refractivity contribution is 5.83. The largest absolute Gasteiger partial charge is 0.392 e. The van der Waals surface area contributed by atoms with E-state index >= 15 is 0 Å². The van der Waals surface area contributed by atoms with Crippen molar-refractivity contribution in [2.45, 2.75) is 13.2 Å². The Kier molecular flexibility index (Phi) is 3.27. The predicted octanol–water partition coefficient (Wildman–Crippen LogP) is 1.70. The van der Waals surface area contributed by atoms with Crippen LogP contribution in [0.15, 0.2) is 30.5 Å². The number of fused-ring (bicyclic) bond motifs is 1. The molecule has 0 bridgehead atoms. The zero-order valence-electron chi connectivity index (χ0n) is 9.85. The quantitative estimate of drug-likeness (QED) is 0.846. The number of nitrogens with zero attached hydrogens (tertiary/aromatic N) is 2. The lowest BCUT2D eigenvalue weighted by Gasteiger charge is -2.11. The molecule has 1 aromatic heterocycles. The molecule has 0 atom stereocenters. The molecule has 0 aliphatic heterocycles. The second-order valence-corrected chi connectivity index (χ2v) is 4.32. The van der Waals surface area contributed by atoms with E-state index in [1.54, 1.807) is 0 Å². The van der Waals surface area contributed by atoms with Gasteiger partial charge in [0, 0.05) is 30.2 Å². The smallest absolute Gasteiger partial charge is 0.0688 e. The van der Waals surface area contributed by atoms with Gasteiger partial charge in [-0.3, -0.25) is 0 Å². The number of aromatic nitrogens is 1. The molecule has 86 valence electrons. The Morgan fingerprint density at radius 2 is 2.06 bits per heavy atom. The summed E-state index contributed by atoms with van der Waals surface area (Å²) in [4.78, 5) is 2.17. The van der Waals surface area contributed by atoms with Crippen molar-refractivity contribution in [3.63, 3.8) is 0 Å². The number of benzene rings is 1. The SMILES string of the molecule is CN(C)CCn1ccc2c(CO)cccc21. The molecule has 2 aromatic rings. The van der Waals surface area contributed by atoms with Gasteiger partial charge in [0.1, 0.15) is 0 Å². The molecule has 3 nitrogen and oxygen atoms in total. The number of hydrogen-bond donors (Lipinski definition) is 1. The van der Waals surface area contributed by atoms with Crippen molar-refractivity contribution in [2.75, 3.05) is 20.6 Å². The average Bonchev–Trinajstić information content (AvgIpc) is 2.69. The molecule has 2 rings (SSSR count). The van der Waals surface area contributed by atoms with Gasteiger partial charge >= 0.3 is 0 Å². The van der Waals surface area contributed by atoms with Crippen molar-refractivity contribution in [1.82, 2.24) is 9.47 Å². The molecule has 0 spiro atoms. The first-order valence-corrected chi connectivity index (χ1v) is 5.54. The predicted molar refractivity (Wildman–Crippen MR) is 66.4 cm³/mol. The van der Waals surface area contributed by atoms with Gasteiger partial charge in [0.05, 0.1) is 6.61 Å². The van der Waals surface area contributed by atoms with E-state index in [0.717, 1.165) is 24.0 Å². The second kappa shape index (κ2) is 4.68. The zero-order valence-corrected chi connectivity index (χ0v) is 9.85. The van der Waals surface area contributed by atoms with E-state index in [1.807, 2.05) is 12.1 Å². The van der Waals surface area contributed by atoms with E-state index in [1.165, 1.54) is 5.52 Å². The maximum absolute atomic E-state index is 9.25. The van der Waals surface area contributed by atoms with Gasteiger partial charge in [-0.1, -0.05) is 12.1 Å². The Hall–Kier alpha value is -1.32. The first kappa shape index (κ1) is 11.2. The van der Waals surface area contributed by atoms with Gasteiger partial charge in [0.2, 0.25) is 0 Å². The molecular formula is C13H18N2O. The zero-order chi connectivity index (χ0) is 11.5. The summed E-state index contributed by atoms with van der Waals surface area (Å²) in [6.07, 6.45) is 2.09. The number of rotatable bonds is 4. The minimum absolute atomic E-state index is 0.106. The van der Waals surface area contributed by atoms with Gasteiger partial charge in [-0.25, -0.2) is 0 Å². The van der Waals surface area contributed by atoms with Crippen LogP contribution in [0, 0.1) is 0 Å². The third-order valence-corrected chi connectivity index (χ3v) is 2.86. The first-order valence-electron chi connectivity index (χ1n) is 5.54. The normalized spacial score (nSPS) is 11.5. The molecule has 0 radical (unpaired) electrons. The summed E-state index contributed by atoms with van der Waals surface area (Å²) in [7, 11) is 4.15. The van der Waals surface area contributed by atoms with Gasteiger partial charge in [0.25, 0.3) is 0 Å². The Morgan fingerprint density at radius 3 is 2.75 bits per heavy atom. The van der Waals surface area contributed by atoms with E-state index in [0.29, 0.717) is 0 Å². The minimum atomic E-state index is 0.106. The molecule has 0 fully saturated rings. The van der Waals surface area contributed by atoms with E-state index < -0.39 is 0 Å². The molecule has 0 unspecified atom stereocenters. The molecular weight excluding hydrogens is 200 g/mol. The van der Waals surface area contributed by atoms with Crippen LogP contribution in [-0.2, 0) is 13.2 Å². The van der Waals surface area contributed by atoms with Crippen molar-refractivity contribution >= 4 is 10.9 Å². The van der Waals surface area contributed by atoms with Gasteiger partial charge in [-0.05, 0) is 31.8 Å². The van der Waals surface area contributed by atoms with Crippen LogP contribution in [0.3, 0.4) is 0 Å². The van der Waals surface area contributed by atoms with Crippen molar-refractivity contribution in [3.05, 3.63) is 36.0 Å². The van der Waals surface area contributed by atoms with Gasteiger partial charge < -0.3 is 14.6 Å². The molecule has 16 heavy (non-hydrogen) atoms. The average molecular weight is 218 g/mol. The summed E-state index contributed by atoms with van der Waals surface area (Å²) >= 11 is 0. The standard InChI is InChI=1S/C13H18N2O/c1-14(2)8-9-15-7-6-12-11(10-16)4-3-5-13(12)15/h3-7,16H,8-10H2,1-2H3. The number of aliphatic hydroxyl groups excluding tert-OH is 1. The van der Waals surface area contributed by atoms with E-state index in [2.05, 4.69) is 41.9 Å². The summed E-state index contributed by atoms with van der Waals surface area (Å²) in [5.41, 5.74) is 2.20. The lowest BCUT2D eigenvalue weighted by Crippen LogP contribution is -2.17. The van der Waals surface area contributed by atoms with Crippen molar-refractivity contribution in [2.24, 2.45) is 0 Å². The molecule has 0 saturated carbocycles. The molecule has 3 heteroatoms. The van der Waals surface area contributed by atoms with Crippen LogP contribution >= 0.6 is 0 Å². The van der Waals surface area contributed by atoms with Crippen LogP contribution in [-0.4, -0.2) is 35.2 Å². The van der Waals surface area contributed by atoms with E-state index in [9.17, 15) is 5.11 Å². The lowest BCUT2D eigenvalue weighted by molar-refractivity contribution is 0.283. The van der Waals surface area contributed by atoms with Crippen LogP contribution in [0.5, 0.6) is 0 Å². The molecule has 0 aliphatic carbocycles. The summed E-state index contributed by atoms with van der Waals surface area (Å²) in [6.45, 7) is 2.10. The Balaban J connectivity index is 2.34. The molecule has 1 N–H and O–H groups in total. The van der Waals surface area contributed by atoms with Gasteiger partial charge in [-0.15, -0.1) is 0 Å². The van der Waals surface area contributed by atoms with Crippen LogP contribution in [0.4, 0.5) is 0 Å². The number of likely N-dealkylation sites (N-methyl/N-ethyl adjacent to an activating group) is 1. The maximum Gasteiger partial charge on any atom is 0.0688 e. The first-order chi connectivity index (χ1) is 7.72. The monoisotopic (exact) mass is 218 g/mol. The summed E-state index contributed by atoms with van der Waals surface area (Å²) in [6, 6.07) is 8.15. The molecule has 0 amide bonds. The van der Waals surface area contributed by atoms with Crippen LogP contribution in [0.1, 0.15) is 5.56 Å². The fraction of sp³-hybridized carbons (Fsp3) is 0.385. The molecule has 1 heterocycles.